The largest absolute Gasteiger partial charge is 0.192 e. The van der Waals surface area contributed by atoms with Crippen LogP contribution in [-0.4, -0.2) is 4.43 Å². The number of nitrogens with zero attached hydrogens (tertiary/aromatic N) is 1. The molecule has 0 aliphatic carbocycles. The topological polar surface area (TPSA) is 23.8 Å². The van der Waals surface area contributed by atoms with Crippen LogP contribution in [0.25, 0.3) is 10.1 Å². The molecule has 15 heavy (non-hydrogen) atoms. The number of nitriles is 1. The van der Waals surface area contributed by atoms with Gasteiger partial charge in [0.25, 0.3) is 0 Å². The van der Waals surface area contributed by atoms with Crippen molar-refractivity contribution in [2.45, 2.75) is 12.8 Å². The van der Waals surface area contributed by atoms with Crippen LogP contribution < -0.4 is 0 Å². The molecular formula is C12H10INS. The van der Waals surface area contributed by atoms with Crippen LogP contribution in [-0.2, 0) is 6.42 Å². The van der Waals surface area contributed by atoms with Gasteiger partial charge in [0, 0.05) is 4.70 Å². The van der Waals surface area contributed by atoms with E-state index in [-0.39, 0.29) is 0 Å². The number of aryl methyl sites for hydroxylation is 1. The molecule has 0 radical (unpaired) electrons. The van der Waals surface area contributed by atoms with E-state index in [1.165, 1.54) is 26.5 Å². The Kier molecular flexibility index (Phi) is 3.60. The predicted octanol–water partition coefficient (Wildman–Crippen LogP) is 4.14. The van der Waals surface area contributed by atoms with Crippen LogP contribution in [0.1, 0.15) is 17.5 Å². The van der Waals surface area contributed by atoms with E-state index in [0.717, 1.165) is 12.0 Å². The molecule has 1 aromatic heterocycles. The molecule has 1 heterocycles. The van der Waals surface area contributed by atoms with Gasteiger partial charge in [0.05, 0.1) is 11.6 Å². The number of thiophene rings is 1. The SMILES string of the molecule is N#Cc1ccc2scc(CCCI)c2c1. The van der Waals surface area contributed by atoms with E-state index in [9.17, 15) is 0 Å². The van der Waals surface area contributed by atoms with Gasteiger partial charge in [0.2, 0.25) is 0 Å². The van der Waals surface area contributed by atoms with Crippen molar-refractivity contribution in [2.24, 2.45) is 0 Å². The summed E-state index contributed by atoms with van der Waals surface area (Å²) < 4.78 is 2.48. The van der Waals surface area contributed by atoms with Crippen molar-refractivity contribution in [1.29, 1.82) is 5.26 Å². The van der Waals surface area contributed by atoms with E-state index >= 15 is 0 Å². The fourth-order valence-corrected chi connectivity index (χ4v) is 2.96. The summed E-state index contributed by atoms with van der Waals surface area (Å²) in [5.41, 5.74) is 2.15. The summed E-state index contributed by atoms with van der Waals surface area (Å²) in [5, 5.41) is 12.3. The minimum absolute atomic E-state index is 0.761. The highest BCUT2D eigenvalue weighted by atomic mass is 127. The lowest BCUT2D eigenvalue weighted by atomic mass is 10.1. The number of fused-ring (bicyclic) bond motifs is 1. The zero-order valence-electron chi connectivity index (χ0n) is 8.16. The minimum atomic E-state index is 0.761. The average Bonchev–Trinajstić information content (AvgIpc) is 2.68. The molecule has 1 aromatic carbocycles. The van der Waals surface area contributed by atoms with Crippen LogP contribution >= 0.6 is 33.9 Å². The molecule has 0 unspecified atom stereocenters. The standard InChI is InChI=1S/C12H10INS/c13-5-1-2-10-8-15-12-4-3-9(7-14)6-11(10)12/h3-4,6,8H,1-2,5H2. The normalized spacial score (nSPS) is 10.4. The molecule has 0 aliphatic rings. The third-order valence-electron chi connectivity index (χ3n) is 2.36. The first-order valence-corrected chi connectivity index (χ1v) is 7.22. The average molecular weight is 327 g/mol. The first-order chi connectivity index (χ1) is 7.35. The van der Waals surface area contributed by atoms with Crippen LogP contribution in [0.2, 0.25) is 0 Å². The Labute approximate surface area is 107 Å². The lowest BCUT2D eigenvalue weighted by molar-refractivity contribution is 0.958. The zero-order valence-corrected chi connectivity index (χ0v) is 11.1. The quantitative estimate of drug-likeness (QED) is 0.614. The third kappa shape index (κ3) is 2.32. The van der Waals surface area contributed by atoms with Gasteiger partial charge in [-0.3, -0.25) is 0 Å². The molecule has 0 aliphatic heterocycles. The van der Waals surface area contributed by atoms with Gasteiger partial charge in [-0.25, -0.2) is 0 Å². The first kappa shape index (κ1) is 10.9. The van der Waals surface area contributed by atoms with Crippen molar-refractivity contribution in [3.8, 4) is 6.07 Å². The molecule has 0 spiro atoms. The van der Waals surface area contributed by atoms with E-state index in [0.29, 0.717) is 0 Å². The van der Waals surface area contributed by atoms with Crippen LogP contribution in [0.4, 0.5) is 0 Å². The molecule has 0 N–H and O–H groups in total. The predicted molar refractivity (Wildman–Crippen MR) is 73.7 cm³/mol. The van der Waals surface area contributed by atoms with Crippen LogP contribution in [0.15, 0.2) is 23.6 Å². The molecule has 2 aromatic rings. The lowest BCUT2D eigenvalue weighted by Gasteiger charge is -1.97. The summed E-state index contributed by atoms with van der Waals surface area (Å²) in [6, 6.07) is 8.14. The summed E-state index contributed by atoms with van der Waals surface area (Å²) in [6.45, 7) is 0. The molecule has 0 saturated carbocycles. The zero-order chi connectivity index (χ0) is 10.7. The van der Waals surface area contributed by atoms with Gasteiger partial charge in [0.1, 0.15) is 0 Å². The van der Waals surface area contributed by atoms with Gasteiger partial charge < -0.3 is 0 Å². The van der Waals surface area contributed by atoms with Gasteiger partial charge in [-0.1, -0.05) is 22.6 Å². The van der Waals surface area contributed by atoms with Gasteiger partial charge in [-0.15, -0.1) is 11.3 Å². The Balaban J connectivity index is 2.43. The number of hydrogen-bond donors (Lipinski definition) is 0. The Morgan fingerprint density at radius 1 is 1.40 bits per heavy atom. The Hall–Kier alpha value is -0.600. The van der Waals surface area contributed by atoms with Crippen molar-refractivity contribution < 1.29 is 0 Å². The molecule has 76 valence electrons. The van der Waals surface area contributed by atoms with Crippen molar-refractivity contribution in [3.63, 3.8) is 0 Å². The van der Waals surface area contributed by atoms with E-state index in [2.05, 4.69) is 34.0 Å². The second kappa shape index (κ2) is 4.95. The van der Waals surface area contributed by atoms with Crippen molar-refractivity contribution >= 4 is 44.0 Å². The molecule has 0 saturated heterocycles. The van der Waals surface area contributed by atoms with Crippen molar-refractivity contribution in [1.82, 2.24) is 0 Å². The van der Waals surface area contributed by atoms with Gasteiger partial charge in [0.15, 0.2) is 0 Å². The maximum absolute atomic E-state index is 8.85. The van der Waals surface area contributed by atoms with Gasteiger partial charge in [-0.05, 0) is 51.8 Å². The highest BCUT2D eigenvalue weighted by Gasteiger charge is 2.04. The van der Waals surface area contributed by atoms with Crippen molar-refractivity contribution in [3.05, 3.63) is 34.7 Å². The number of benzene rings is 1. The molecule has 0 bridgehead atoms. The summed E-state index contributed by atoms with van der Waals surface area (Å²) in [4.78, 5) is 0. The van der Waals surface area contributed by atoms with Gasteiger partial charge in [-0.2, -0.15) is 5.26 Å². The fourth-order valence-electron chi connectivity index (χ4n) is 1.60. The molecule has 3 heteroatoms. The minimum Gasteiger partial charge on any atom is -0.192 e. The second-order valence-electron chi connectivity index (χ2n) is 3.38. The molecular weight excluding hydrogens is 317 g/mol. The number of halogens is 1. The maximum Gasteiger partial charge on any atom is 0.0991 e. The first-order valence-electron chi connectivity index (χ1n) is 4.81. The van der Waals surface area contributed by atoms with E-state index < -0.39 is 0 Å². The summed E-state index contributed by atoms with van der Waals surface area (Å²) in [7, 11) is 0. The smallest absolute Gasteiger partial charge is 0.0991 e. The lowest BCUT2D eigenvalue weighted by Crippen LogP contribution is -1.84. The Morgan fingerprint density at radius 2 is 2.27 bits per heavy atom. The van der Waals surface area contributed by atoms with E-state index in [1.54, 1.807) is 11.3 Å². The number of alkyl halides is 1. The van der Waals surface area contributed by atoms with Crippen molar-refractivity contribution in [2.75, 3.05) is 4.43 Å². The van der Waals surface area contributed by atoms with Crippen LogP contribution in [0.3, 0.4) is 0 Å². The molecule has 0 fully saturated rings. The number of hydrogen-bond acceptors (Lipinski definition) is 2. The summed E-state index contributed by atoms with van der Waals surface area (Å²) >= 11 is 4.17. The Morgan fingerprint density at radius 3 is 3.00 bits per heavy atom. The highest BCUT2D eigenvalue weighted by molar-refractivity contribution is 14.1. The third-order valence-corrected chi connectivity index (χ3v) is 4.14. The maximum atomic E-state index is 8.85. The van der Waals surface area contributed by atoms with Gasteiger partial charge >= 0.3 is 0 Å². The summed E-state index contributed by atoms with van der Waals surface area (Å²) in [5.74, 6) is 0. The summed E-state index contributed by atoms with van der Waals surface area (Å²) in [6.07, 6.45) is 2.33. The Bertz CT molecular complexity index is 510. The highest BCUT2D eigenvalue weighted by Crippen LogP contribution is 2.27. The molecule has 0 amide bonds. The molecule has 2 rings (SSSR count). The second-order valence-corrected chi connectivity index (χ2v) is 5.37. The molecule has 1 nitrogen and oxygen atoms in total. The fraction of sp³-hybridized carbons (Fsp3) is 0.250. The van der Waals surface area contributed by atoms with Crippen LogP contribution in [0.5, 0.6) is 0 Å². The van der Waals surface area contributed by atoms with Crippen LogP contribution in [0, 0.1) is 11.3 Å². The monoisotopic (exact) mass is 327 g/mol. The van der Waals surface area contributed by atoms with E-state index in [4.69, 9.17) is 5.26 Å². The van der Waals surface area contributed by atoms with E-state index in [1.807, 2.05) is 18.2 Å². The molecule has 0 atom stereocenters. The number of rotatable bonds is 3.